The van der Waals surface area contributed by atoms with Crippen LogP contribution >= 0.6 is 0 Å². The molecule has 5 nitrogen and oxygen atoms in total. The number of pyridine rings is 1. The molecule has 1 heterocycles. The van der Waals surface area contributed by atoms with E-state index >= 15 is 0 Å². The zero-order valence-corrected chi connectivity index (χ0v) is 13.2. The molecular weight excluding hydrogens is 290 g/mol. The number of hydrogen-bond acceptors (Lipinski definition) is 3. The maximum atomic E-state index is 11.8. The lowest BCUT2D eigenvalue weighted by atomic mass is 10.1. The highest BCUT2D eigenvalue weighted by Crippen LogP contribution is 2.08. The van der Waals surface area contributed by atoms with Crippen LogP contribution in [0.3, 0.4) is 0 Å². The molecule has 0 saturated carbocycles. The molecule has 0 aliphatic rings. The van der Waals surface area contributed by atoms with Crippen LogP contribution in [0.4, 0.5) is 0 Å². The minimum Gasteiger partial charge on any atom is -0.347 e. The van der Waals surface area contributed by atoms with Crippen molar-refractivity contribution in [2.45, 2.75) is 6.54 Å². The van der Waals surface area contributed by atoms with Gasteiger partial charge in [0.15, 0.2) is 0 Å². The molecule has 0 fully saturated rings. The van der Waals surface area contributed by atoms with Crippen LogP contribution in [-0.2, 0) is 11.3 Å². The first-order valence-electron chi connectivity index (χ1n) is 7.24. The highest BCUT2D eigenvalue weighted by atomic mass is 16.2. The van der Waals surface area contributed by atoms with Crippen LogP contribution in [0.5, 0.6) is 0 Å². The van der Waals surface area contributed by atoms with E-state index in [2.05, 4.69) is 10.3 Å². The lowest BCUT2D eigenvalue weighted by molar-refractivity contribution is -0.116. The second-order valence-corrected chi connectivity index (χ2v) is 5.19. The number of aromatic nitrogens is 1. The number of benzene rings is 1. The van der Waals surface area contributed by atoms with Gasteiger partial charge in [-0.25, -0.2) is 0 Å². The van der Waals surface area contributed by atoms with E-state index in [1.165, 1.54) is 11.0 Å². The summed E-state index contributed by atoms with van der Waals surface area (Å²) in [5.41, 5.74) is 2.28. The van der Waals surface area contributed by atoms with Crippen LogP contribution in [0.15, 0.2) is 54.7 Å². The predicted molar refractivity (Wildman–Crippen MR) is 89.6 cm³/mol. The first-order chi connectivity index (χ1) is 11.1. The third-order valence-corrected chi connectivity index (χ3v) is 3.16. The lowest BCUT2D eigenvalue weighted by Gasteiger charge is -2.09. The number of nitrogens with one attached hydrogen (secondary N) is 1. The fourth-order valence-corrected chi connectivity index (χ4v) is 1.91. The average molecular weight is 309 g/mol. The monoisotopic (exact) mass is 309 g/mol. The first kappa shape index (κ1) is 16.4. The van der Waals surface area contributed by atoms with Gasteiger partial charge in [0.25, 0.3) is 5.91 Å². The Labute approximate surface area is 135 Å². The molecule has 1 aromatic carbocycles. The van der Waals surface area contributed by atoms with Gasteiger partial charge in [0.1, 0.15) is 0 Å². The fraction of sp³-hybridized carbons (Fsp3) is 0.167. The molecule has 0 aliphatic heterocycles. The van der Waals surface area contributed by atoms with Gasteiger partial charge >= 0.3 is 0 Å². The van der Waals surface area contributed by atoms with Crippen LogP contribution in [0, 0.1) is 0 Å². The van der Waals surface area contributed by atoms with Gasteiger partial charge in [-0.1, -0.05) is 18.2 Å². The molecule has 0 unspecified atom stereocenters. The standard InChI is InChI=1S/C18H19N3O2/c1-21(2)18(23)15-9-6-14(7-10-15)8-11-17(22)20-13-16-5-3-4-12-19-16/h3-12H,13H2,1-2H3,(H,20,22)/b11-8+. The molecular formula is C18H19N3O2. The second-order valence-electron chi connectivity index (χ2n) is 5.19. The van der Waals surface area contributed by atoms with Crippen LogP contribution in [0.2, 0.25) is 0 Å². The van der Waals surface area contributed by atoms with Gasteiger partial charge in [-0.05, 0) is 35.9 Å². The summed E-state index contributed by atoms with van der Waals surface area (Å²) >= 11 is 0. The van der Waals surface area contributed by atoms with E-state index in [1.54, 1.807) is 50.6 Å². The SMILES string of the molecule is CN(C)C(=O)c1ccc(/C=C/C(=O)NCc2ccccn2)cc1. The van der Waals surface area contributed by atoms with E-state index in [1.807, 2.05) is 18.2 Å². The normalized spacial score (nSPS) is 10.5. The van der Waals surface area contributed by atoms with Crippen molar-refractivity contribution in [3.05, 3.63) is 71.6 Å². The van der Waals surface area contributed by atoms with Gasteiger partial charge in [-0.3, -0.25) is 14.6 Å². The molecule has 1 aromatic heterocycles. The zero-order chi connectivity index (χ0) is 16.7. The minimum absolute atomic E-state index is 0.0476. The Balaban J connectivity index is 1.89. The summed E-state index contributed by atoms with van der Waals surface area (Å²) in [5, 5.41) is 2.76. The topological polar surface area (TPSA) is 62.3 Å². The van der Waals surface area contributed by atoms with Crippen molar-refractivity contribution >= 4 is 17.9 Å². The number of rotatable bonds is 5. The molecule has 2 amide bonds. The summed E-state index contributed by atoms with van der Waals surface area (Å²) in [7, 11) is 3.42. The lowest BCUT2D eigenvalue weighted by Crippen LogP contribution is -2.21. The number of carbonyl (C=O) groups is 2. The van der Waals surface area contributed by atoms with Crippen molar-refractivity contribution in [1.82, 2.24) is 15.2 Å². The third-order valence-electron chi connectivity index (χ3n) is 3.16. The van der Waals surface area contributed by atoms with Crippen molar-refractivity contribution in [1.29, 1.82) is 0 Å². The Kier molecular flexibility index (Phi) is 5.63. The number of hydrogen-bond donors (Lipinski definition) is 1. The molecule has 0 atom stereocenters. The summed E-state index contributed by atoms with van der Waals surface area (Å²) < 4.78 is 0. The van der Waals surface area contributed by atoms with Gasteiger partial charge < -0.3 is 10.2 Å². The fourth-order valence-electron chi connectivity index (χ4n) is 1.91. The Morgan fingerprint density at radius 2 is 1.87 bits per heavy atom. The number of carbonyl (C=O) groups excluding carboxylic acids is 2. The predicted octanol–water partition coefficient (Wildman–Crippen LogP) is 2.11. The minimum atomic E-state index is -0.191. The van der Waals surface area contributed by atoms with E-state index in [4.69, 9.17) is 0 Å². The molecule has 2 rings (SSSR count). The Morgan fingerprint density at radius 1 is 1.13 bits per heavy atom. The van der Waals surface area contributed by atoms with E-state index in [-0.39, 0.29) is 11.8 Å². The highest BCUT2D eigenvalue weighted by molar-refractivity contribution is 5.94. The van der Waals surface area contributed by atoms with Crippen molar-refractivity contribution in [3.8, 4) is 0 Å². The van der Waals surface area contributed by atoms with Gasteiger partial charge in [-0.2, -0.15) is 0 Å². The highest BCUT2D eigenvalue weighted by Gasteiger charge is 2.06. The zero-order valence-electron chi connectivity index (χ0n) is 13.2. The summed E-state index contributed by atoms with van der Waals surface area (Å²) in [6.45, 7) is 0.389. The van der Waals surface area contributed by atoms with E-state index in [9.17, 15) is 9.59 Å². The van der Waals surface area contributed by atoms with Crippen LogP contribution < -0.4 is 5.32 Å². The molecule has 0 bridgehead atoms. The molecule has 2 aromatic rings. The van der Waals surface area contributed by atoms with Crippen molar-refractivity contribution < 1.29 is 9.59 Å². The van der Waals surface area contributed by atoms with Gasteiger partial charge in [0.2, 0.25) is 5.91 Å². The quantitative estimate of drug-likeness (QED) is 0.861. The average Bonchev–Trinajstić information content (AvgIpc) is 2.58. The van der Waals surface area contributed by atoms with Crippen molar-refractivity contribution in [2.75, 3.05) is 14.1 Å². The van der Waals surface area contributed by atoms with Gasteiger partial charge in [0.05, 0.1) is 12.2 Å². The first-order valence-corrected chi connectivity index (χ1v) is 7.24. The third kappa shape index (κ3) is 5.07. The van der Waals surface area contributed by atoms with E-state index in [0.717, 1.165) is 11.3 Å². The molecule has 118 valence electrons. The van der Waals surface area contributed by atoms with E-state index in [0.29, 0.717) is 12.1 Å². The van der Waals surface area contributed by atoms with Gasteiger partial charge in [-0.15, -0.1) is 0 Å². The Bertz CT molecular complexity index is 692. The van der Waals surface area contributed by atoms with Crippen molar-refractivity contribution in [3.63, 3.8) is 0 Å². The van der Waals surface area contributed by atoms with Crippen LogP contribution in [0.1, 0.15) is 21.6 Å². The maximum Gasteiger partial charge on any atom is 0.253 e. The largest absolute Gasteiger partial charge is 0.347 e. The van der Waals surface area contributed by atoms with E-state index < -0.39 is 0 Å². The molecule has 5 heteroatoms. The van der Waals surface area contributed by atoms with Crippen molar-refractivity contribution in [2.24, 2.45) is 0 Å². The Hall–Kier alpha value is -2.95. The van der Waals surface area contributed by atoms with Gasteiger partial charge in [0, 0.05) is 31.9 Å². The molecule has 1 N–H and O–H groups in total. The molecule has 0 spiro atoms. The molecule has 0 aliphatic carbocycles. The van der Waals surface area contributed by atoms with Crippen LogP contribution in [0.25, 0.3) is 6.08 Å². The summed E-state index contributed by atoms with van der Waals surface area (Å²) in [5.74, 6) is -0.238. The van der Waals surface area contributed by atoms with Crippen LogP contribution in [-0.4, -0.2) is 35.8 Å². The molecule has 23 heavy (non-hydrogen) atoms. The smallest absolute Gasteiger partial charge is 0.253 e. The summed E-state index contributed by atoms with van der Waals surface area (Å²) in [4.78, 5) is 29.2. The second kappa shape index (κ2) is 7.89. The Morgan fingerprint density at radius 3 is 2.48 bits per heavy atom. The number of amides is 2. The number of nitrogens with zero attached hydrogens (tertiary/aromatic N) is 2. The molecule has 0 radical (unpaired) electrons. The summed E-state index contributed by atoms with van der Waals surface area (Å²) in [6, 6.07) is 12.7. The summed E-state index contributed by atoms with van der Waals surface area (Å²) in [6.07, 6.45) is 4.86. The molecule has 0 saturated heterocycles. The maximum absolute atomic E-state index is 11.8.